The molecule has 0 radical (unpaired) electrons. The number of nitrogens with one attached hydrogen (secondary N) is 1. The fourth-order valence-electron chi connectivity index (χ4n) is 3.10. The van der Waals surface area contributed by atoms with Crippen LogP contribution in [0.4, 0.5) is 5.69 Å². The fraction of sp³-hybridized carbons (Fsp3) is 0.471. The number of para-hydroxylation sites is 1. The number of Topliss-reactive ketones (excluding diaryl/α,β-unsaturated/α-hetero) is 2. The molecule has 1 aromatic rings. The summed E-state index contributed by atoms with van der Waals surface area (Å²) in [4.78, 5) is 28.9. The van der Waals surface area contributed by atoms with Gasteiger partial charge in [-0.25, -0.2) is 0 Å². The van der Waals surface area contributed by atoms with Gasteiger partial charge in [-0.2, -0.15) is 0 Å². The van der Waals surface area contributed by atoms with Crippen molar-refractivity contribution in [2.45, 2.75) is 37.8 Å². The standard InChI is InChI=1S/C17H20N2O3/c20-12(9-15-16(21)6-3-7-18-15)8-11-10-19-14-5-2-1-4-13(14)17(11)22/h1-2,4-5,10-11,15-16,18,21H,3,6-9H2/t11-,15+,16-/m0/s1. The molecule has 0 bridgehead atoms. The molecule has 0 unspecified atom stereocenters. The summed E-state index contributed by atoms with van der Waals surface area (Å²) in [5.41, 5.74) is 1.25. The molecule has 0 spiro atoms. The second kappa shape index (κ2) is 6.50. The van der Waals surface area contributed by atoms with Crippen molar-refractivity contribution in [3.05, 3.63) is 29.8 Å². The first-order valence-electron chi connectivity index (χ1n) is 7.76. The van der Waals surface area contributed by atoms with Gasteiger partial charge < -0.3 is 10.4 Å². The number of aliphatic hydroxyl groups excluding tert-OH is 1. The lowest BCUT2D eigenvalue weighted by Crippen LogP contribution is -2.46. The number of hydrogen-bond donors (Lipinski definition) is 2. The number of rotatable bonds is 4. The second-order valence-corrected chi connectivity index (χ2v) is 5.98. The number of nitrogens with zero attached hydrogens (tertiary/aromatic N) is 1. The SMILES string of the molecule is O=C(C[C@H]1C=Nc2ccccc2C1=O)C[C@H]1NCCC[C@@H]1O. The summed E-state index contributed by atoms with van der Waals surface area (Å²) < 4.78 is 0. The molecular formula is C17H20N2O3. The van der Waals surface area contributed by atoms with Gasteiger partial charge in [0.25, 0.3) is 0 Å². The average Bonchev–Trinajstić information content (AvgIpc) is 2.53. The van der Waals surface area contributed by atoms with Crippen molar-refractivity contribution in [1.29, 1.82) is 0 Å². The van der Waals surface area contributed by atoms with Gasteiger partial charge in [-0.1, -0.05) is 12.1 Å². The lowest BCUT2D eigenvalue weighted by atomic mass is 9.88. The van der Waals surface area contributed by atoms with E-state index in [1.165, 1.54) is 0 Å². The number of fused-ring (bicyclic) bond motifs is 1. The quantitative estimate of drug-likeness (QED) is 0.886. The van der Waals surface area contributed by atoms with E-state index >= 15 is 0 Å². The highest BCUT2D eigenvalue weighted by molar-refractivity contribution is 6.13. The lowest BCUT2D eigenvalue weighted by Gasteiger charge is -2.28. The highest BCUT2D eigenvalue weighted by Gasteiger charge is 2.29. The number of hydrogen-bond acceptors (Lipinski definition) is 5. The van der Waals surface area contributed by atoms with Crippen LogP contribution in [0.5, 0.6) is 0 Å². The van der Waals surface area contributed by atoms with Gasteiger partial charge in [-0.15, -0.1) is 0 Å². The number of carbonyl (C=O) groups is 2. The number of carbonyl (C=O) groups excluding carboxylic acids is 2. The molecule has 3 atom stereocenters. The van der Waals surface area contributed by atoms with E-state index in [0.717, 1.165) is 19.4 Å². The number of benzene rings is 1. The minimum absolute atomic E-state index is 0.0115. The summed E-state index contributed by atoms with van der Waals surface area (Å²) in [6.45, 7) is 0.826. The van der Waals surface area contributed by atoms with E-state index in [4.69, 9.17) is 0 Å². The van der Waals surface area contributed by atoms with E-state index in [0.29, 0.717) is 11.3 Å². The molecular weight excluding hydrogens is 280 g/mol. The summed E-state index contributed by atoms with van der Waals surface area (Å²) in [7, 11) is 0. The molecule has 22 heavy (non-hydrogen) atoms. The third-order valence-corrected chi connectivity index (χ3v) is 4.34. The van der Waals surface area contributed by atoms with Crippen molar-refractivity contribution in [2.75, 3.05) is 6.54 Å². The Labute approximate surface area is 129 Å². The maximum absolute atomic E-state index is 12.4. The summed E-state index contributed by atoms with van der Waals surface area (Å²) in [6, 6.07) is 7.00. The van der Waals surface area contributed by atoms with Gasteiger partial charge >= 0.3 is 0 Å². The van der Waals surface area contributed by atoms with Crippen molar-refractivity contribution < 1.29 is 14.7 Å². The molecule has 0 aromatic heterocycles. The van der Waals surface area contributed by atoms with Gasteiger partial charge in [0.2, 0.25) is 0 Å². The van der Waals surface area contributed by atoms with Crippen LogP contribution in [-0.2, 0) is 4.79 Å². The minimum atomic E-state index is -0.483. The Hall–Kier alpha value is -1.85. The van der Waals surface area contributed by atoms with Crippen molar-refractivity contribution in [3.8, 4) is 0 Å². The monoisotopic (exact) mass is 300 g/mol. The Bertz CT molecular complexity index is 612. The zero-order valence-corrected chi connectivity index (χ0v) is 12.4. The van der Waals surface area contributed by atoms with E-state index in [2.05, 4.69) is 10.3 Å². The lowest BCUT2D eigenvalue weighted by molar-refractivity contribution is -0.120. The molecule has 1 fully saturated rings. The third kappa shape index (κ3) is 3.15. The average molecular weight is 300 g/mol. The zero-order valence-electron chi connectivity index (χ0n) is 12.4. The molecule has 0 saturated carbocycles. The zero-order chi connectivity index (χ0) is 15.5. The predicted molar refractivity (Wildman–Crippen MR) is 83.7 cm³/mol. The van der Waals surface area contributed by atoms with Crippen molar-refractivity contribution in [3.63, 3.8) is 0 Å². The van der Waals surface area contributed by atoms with E-state index in [1.807, 2.05) is 6.07 Å². The number of aliphatic hydroxyl groups is 1. The topological polar surface area (TPSA) is 78.8 Å². The Balaban J connectivity index is 1.62. The molecule has 3 rings (SSSR count). The van der Waals surface area contributed by atoms with E-state index in [1.54, 1.807) is 24.4 Å². The van der Waals surface area contributed by atoms with E-state index in [-0.39, 0.29) is 30.4 Å². The van der Waals surface area contributed by atoms with Crippen LogP contribution in [0.25, 0.3) is 0 Å². The maximum Gasteiger partial charge on any atom is 0.173 e. The molecule has 5 heteroatoms. The first-order valence-corrected chi connectivity index (χ1v) is 7.76. The van der Waals surface area contributed by atoms with Crippen LogP contribution < -0.4 is 5.32 Å². The molecule has 0 amide bonds. The van der Waals surface area contributed by atoms with Gasteiger partial charge in [0.05, 0.1) is 17.7 Å². The van der Waals surface area contributed by atoms with E-state index in [9.17, 15) is 14.7 Å². The van der Waals surface area contributed by atoms with Crippen molar-refractivity contribution in [1.82, 2.24) is 5.32 Å². The van der Waals surface area contributed by atoms with Crippen LogP contribution in [0.15, 0.2) is 29.3 Å². The smallest absolute Gasteiger partial charge is 0.173 e. The predicted octanol–water partition coefficient (Wildman–Crippen LogP) is 1.66. The Morgan fingerprint density at radius 3 is 2.95 bits per heavy atom. The summed E-state index contributed by atoms with van der Waals surface area (Å²) >= 11 is 0. The fourth-order valence-corrected chi connectivity index (χ4v) is 3.10. The molecule has 0 aliphatic carbocycles. The van der Waals surface area contributed by atoms with Gasteiger partial charge in [0.1, 0.15) is 5.78 Å². The Morgan fingerprint density at radius 1 is 1.32 bits per heavy atom. The summed E-state index contributed by atoms with van der Waals surface area (Å²) in [5.74, 6) is -0.540. The molecule has 1 saturated heterocycles. The number of piperidine rings is 1. The normalized spacial score (nSPS) is 27.5. The Kier molecular flexibility index (Phi) is 4.45. The second-order valence-electron chi connectivity index (χ2n) is 5.98. The van der Waals surface area contributed by atoms with Crippen molar-refractivity contribution in [2.24, 2.45) is 10.9 Å². The molecule has 116 valence electrons. The molecule has 2 aliphatic rings. The summed E-state index contributed by atoms with van der Waals surface area (Å²) in [5, 5.41) is 13.1. The molecule has 2 aliphatic heterocycles. The van der Waals surface area contributed by atoms with Gasteiger partial charge in [0.15, 0.2) is 5.78 Å². The van der Waals surface area contributed by atoms with Crippen LogP contribution in [0.1, 0.15) is 36.0 Å². The van der Waals surface area contributed by atoms with Gasteiger partial charge in [0, 0.05) is 30.7 Å². The van der Waals surface area contributed by atoms with Crippen LogP contribution >= 0.6 is 0 Å². The van der Waals surface area contributed by atoms with Gasteiger partial charge in [-0.05, 0) is 31.5 Å². The first kappa shape index (κ1) is 15.1. The van der Waals surface area contributed by atoms with Gasteiger partial charge in [-0.3, -0.25) is 14.6 Å². The molecule has 5 nitrogen and oxygen atoms in total. The van der Waals surface area contributed by atoms with Crippen molar-refractivity contribution >= 4 is 23.5 Å². The molecule has 2 N–H and O–H groups in total. The minimum Gasteiger partial charge on any atom is -0.391 e. The Morgan fingerprint density at radius 2 is 2.14 bits per heavy atom. The number of aliphatic imine (C=N–C) groups is 1. The van der Waals surface area contributed by atoms with E-state index < -0.39 is 12.0 Å². The highest BCUT2D eigenvalue weighted by atomic mass is 16.3. The first-order chi connectivity index (χ1) is 10.6. The summed E-state index contributed by atoms with van der Waals surface area (Å²) in [6.07, 6.45) is 3.17. The van der Waals surface area contributed by atoms with Crippen LogP contribution in [0.3, 0.4) is 0 Å². The largest absolute Gasteiger partial charge is 0.391 e. The van der Waals surface area contributed by atoms with Crippen LogP contribution in [-0.4, -0.2) is 41.6 Å². The molecule has 1 aromatic carbocycles. The highest BCUT2D eigenvalue weighted by Crippen LogP contribution is 2.27. The molecule has 2 heterocycles. The third-order valence-electron chi connectivity index (χ3n) is 4.34. The number of ketones is 2. The van der Waals surface area contributed by atoms with Crippen LogP contribution in [0, 0.1) is 5.92 Å². The maximum atomic E-state index is 12.4. The van der Waals surface area contributed by atoms with Crippen LogP contribution in [0.2, 0.25) is 0 Å².